The van der Waals surface area contributed by atoms with Crippen LogP contribution in [0, 0.1) is 0 Å². The van der Waals surface area contributed by atoms with Crippen molar-refractivity contribution in [3.63, 3.8) is 0 Å². The number of rotatable bonds is 5. The van der Waals surface area contributed by atoms with Gasteiger partial charge in [0, 0.05) is 50.3 Å². The highest BCUT2D eigenvalue weighted by Crippen LogP contribution is 2.29. The van der Waals surface area contributed by atoms with Gasteiger partial charge in [-0.1, -0.05) is 13.3 Å². The number of fused-ring (bicyclic) bond motifs is 1. The minimum Gasteiger partial charge on any atom is -0.353 e. The van der Waals surface area contributed by atoms with Crippen molar-refractivity contribution in [3.8, 4) is 0 Å². The molecule has 0 saturated carbocycles. The molecule has 21 heavy (non-hydrogen) atoms. The van der Waals surface area contributed by atoms with E-state index in [4.69, 9.17) is 0 Å². The van der Waals surface area contributed by atoms with Crippen LogP contribution in [0.5, 0.6) is 0 Å². The van der Waals surface area contributed by atoms with Crippen LogP contribution in [-0.4, -0.2) is 20.9 Å². The zero-order valence-electron chi connectivity index (χ0n) is 13.2. The Bertz CT molecular complexity index is 581. The van der Waals surface area contributed by atoms with Crippen molar-refractivity contribution >= 4 is 0 Å². The lowest BCUT2D eigenvalue weighted by atomic mass is 10.0. The number of aromatic nitrogens is 3. The molecule has 4 heteroatoms. The number of nitrogens with zero attached hydrogens (tertiary/aromatic N) is 3. The molecule has 0 spiro atoms. The minimum atomic E-state index is 0.547. The molecule has 1 unspecified atom stereocenters. The topological polar surface area (TPSA) is 34.8 Å². The Labute approximate surface area is 127 Å². The zero-order valence-corrected chi connectivity index (χ0v) is 13.2. The molecule has 2 aromatic heterocycles. The molecule has 0 fully saturated rings. The molecule has 3 rings (SSSR count). The molecule has 2 aromatic rings. The molecular weight excluding hydrogens is 260 g/mol. The fourth-order valence-electron chi connectivity index (χ4n) is 3.39. The Kier molecular flexibility index (Phi) is 4.44. The number of hydrogen-bond donors (Lipinski definition) is 1. The maximum atomic E-state index is 4.24. The average molecular weight is 286 g/mol. The largest absolute Gasteiger partial charge is 0.353 e. The molecular formula is C17H26N4. The quantitative estimate of drug-likeness (QED) is 0.858. The first-order valence-corrected chi connectivity index (χ1v) is 8.16. The fourth-order valence-corrected chi connectivity index (χ4v) is 3.39. The summed E-state index contributed by atoms with van der Waals surface area (Å²) in [6.45, 7) is 4.28. The van der Waals surface area contributed by atoms with E-state index in [9.17, 15) is 0 Å². The summed E-state index contributed by atoms with van der Waals surface area (Å²) in [4.78, 5) is 0. The third-order valence-electron chi connectivity index (χ3n) is 4.56. The van der Waals surface area contributed by atoms with E-state index < -0.39 is 0 Å². The van der Waals surface area contributed by atoms with Crippen LogP contribution in [0.4, 0.5) is 0 Å². The molecule has 0 radical (unpaired) electrons. The Morgan fingerprint density at radius 2 is 2.24 bits per heavy atom. The minimum absolute atomic E-state index is 0.547. The maximum Gasteiger partial charge on any atom is 0.0492 e. The summed E-state index contributed by atoms with van der Waals surface area (Å²) in [5, 5.41) is 7.89. The first kappa shape index (κ1) is 14.4. The van der Waals surface area contributed by atoms with Crippen molar-refractivity contribution in [2.24, 2.45) is 7.05 Å². The predicted molar refractivity (Wildman–Crippen MR) is 85.3 cm³/mol. The first-order chi connectivity index (χ1) is 10.3. The van der Waals surface area contributed by atoms with Gasteiger partial charge in [0.2, 0.25) is 0 Å². The van der Waals surface area contributed by atoms with Crippen LogP contribution in [0.3, 0.4) is 0 Å². The number of aryl methyl sites for hydroxylation is 4. The maximum absolute atomic E-state index is 4.24. The monoisotopic (exact) mass is 286 g/mol. The van der Waals surface area contributed by atoms with Crippen LogP contribution in [0.25, 0.3) is 0 Å². The Morgan fingerprint density at radius 3 is 3.00 bits per heavy atom. The highest BCUT2D eigenvalue weighted by molar-refractivity contribution is 5.29. The van der Waals surface area contributed by atoms with Crippen LogP contribution >= 0.6 is 0 Å². The van der Waals surface area contributed by atoms with Gasteiger partial charge >= 0.3 is 0 Å². The van der Waals surface area contributed by atoms with E-state index in [1.807, 2.05) is 17.9 Å². The summed E-state index contributed by atoms with van der Waals surface area (Å²) >= 11 is 0. The van der Waals surface area contributed by atoms with E-state index in [-0.39, 0.29) is 0 Å². The van der Waals surface area contributed by atoms with Crippen molar-refractivity contribution in [1.29, 1.82) is 0 Å². The van der Waals surface area contributed by atoms with Crippen LogP contribution in [0.1, 0.15) is 49.0 Å². The van der Waals surface area contributed by atoms with Gasteiger partial charge in [-0.3, -0.25) is 4.68 Å². The van der Waals surface area contributed by atoms with Crippen LogP contribution < -0.4 is 5.32 Å². The van der Waals surface area contributed by atoms with Crippen LogP contribution in [0.15, 0.2) is 24.7 Å². The van der Waals surface area contributed by atoms with Gasteiger partial charge in [-0.2, -0.15) is 5.10 Å². The molecule has 1 aliphatic carbocycles. The summed E-state index contributed by atoms with van der Waals surface area (Å²) in [6, 6.07) is 2.65. The lowest BCUT2D eigenvalue weighted by Crippen LogP contribution is -2.20. The third kappa shape index (κ3) is 3.21. The number of hydrogen-bond acceptors (Lipinski definition) is 2. The summed E-state index contributed by atoms with van der Waals surface area (Å²) in [6.07, 6.45) is 12.8. The van der Waals surface area contributed by atoms with Crippen molar-refractivity contribution < 1.29 is 0 Å². The number of nitrogens with one attached hydrogen (secondary N) is 1. The molecule has 0 amide bonds. The Hall–Kier alpha value is -1.55. The highest BCUT2D eigenvalue weighted by Gasteiger charge is 2.19. The summed E-state index contributed by atoms with van der Waals surface area (Å²) in [5.41, 5.74) is 4.37. The molecule has 1 atom stereocenters. The Morgan fingerprint density at radius 1 is 1.33 bits per heavy atom. The van der Waals surface area contributed by atoms with E-state index >= 15 is 0 Å². The smallest absolute Gasteiger partial charge is 0.0492 e. The van der Waals surface area contributed by atoms with Crippen molar-refractivity contribution in [3.05, 3.63) is 41.5 Å². The molecule has 4 nitrogen and oxygen atoms in total. The third-order valence-corrected chi connectivity index (χ3v) is 4.56. The second-order valence-electron chi connectivity index (χ2n) is 6.03. The summed E-state index contributed by atoms with van der Waals surface area (Å²) in [7, 11) is 2.02. The van der Waals surface area contributed by atoms with Gasteiger partial charge in [-0.05, 0) is 43.0 Å². The van der Waals surface area contributed by atoms with Gasteiger partial charge in [0.25, 0.3) is 0 Å². The lowest BCUT2D eigenvalue weighted by Gasteiger charge is -2.15. The molecule has 1 aliphatic rings. The summed E-state index contributed by atoms with van der Waals surface area (Å²) in [5.74, 6) is 0. The lowest BCUT2D eigenvalue weighted by molar-refractivity contribution is 0.501. The average Bonchev–Trinajstić information content (AvgIpc) is 3.02. The second-order valence-corrected chi connectivity index (χ2v) is 6.03. The normalized spacial score (nSPS) is 18.5. The second kappa shape index (κ2) is 6.48. The van der Waals surface area contributed by atoms with E-state index in [1.165, 1.54) is 36.9 Å². The van der Waals surface area contributed by atoms with Gasteiger partial charge in [0.05, 0.1) is 0 Å². The molecule has 0 bridgehead atoms. The van der Waals surface area contributed by atoms with Crippen molar-refractivity contribution in [1.82, 2.24) is 19.7 Å². The predicted octanol–water partition coefficient (Wildman–Crippen LogP) is 2.84. The molecule has 0 aliphatic heterocycles. The zero-order chi connectivity index (χ0) is 14.7. The van der Waals surface area contributed by atoms with Gasteiger partial charge in [-0.15, -0.1) is 0 Å². The van der Waals surface area contributed by atoms with Gasteiger partial charge in [-0.25, -0.2) is 0 Å². The van der Waals surface area contributed by atoms with Crippen LogP contribution in [0.2, 0.25) is 0 Å². The Balaban J connectivity index is 1.73. The van der Waals surface area contributed by atoms with Crippen molar-refractivity contribution in [2.75, 3.05) is 6.54 Å². The van der Waals surface area contributed by atoms with E-state index in [1.54, 1.807) is 5.56 Å². The highest BCUT2D eigenvalue weighted by atomic mass is 15.3. The first-order valence-electron chi connectivity index (χ1n) is 8.16. The van der Waals surface area contributed by atoms with Gasteiger partial charge < -0.3 is 9.88 Å². The van der Waals surface area contributed by atoms with E-state index in [0.717, 1.165) is 19.5 Å². The summed E-state index contributed by atoms with van der Waals surface area (Å²) < 4.78 is 4.34. The van der Waals surface area contributed by atoms with E-state index in [2.05, 4.69) is 40.4 Å². The van der Waals surface area contributed by atoms with Gasteiger partial charge in [0.1, 0.15) is 0 Å². The standard InChI is InChI=1S/C17H26N4/c1-3-18-17-7-5-4-6-14-12-21(13-16(14)17)11-9-15-8-10-19-20(15)2/h8,10,12-13,17-18H,3-7,9,11H2,1-2H3. The van der Waals surface area contributed by atoms with Gasteiger partial charge in [0.15, 0.2) is 0 Å². The molecule has 0 aromatic carbocycles. The molecule has 0 saturated heterocycles. The van der Waals surface area contributed by atoms with Crippen molar-refractivity contribution in [2.45, 2.75) is 51.6 Å². The molecule has 114 valence electrons. The molecule has 2 heterocycles. The fraction of sp³-hybridized carbons (Fsp3) is 0.588. The van der Waals surface area contributed by atoms with E-state index in [0.29, 0.717) is 6.04 Å². The molecule has 1 N–H and O–H groups in total. The van der Waals surface area contributed by atoms with Crippen LogP contribution in [-0.2, 0) is 26.4 Å². The SMILES string of the molecule is CCNC1CCCCc2cn(CCc3ccnn3C)cc21.